The number of hydrogen-bond acceptors (Lipinski definition) is 5. The Morgan fingerprint density at radius 3 is 2.31 bits per heavy atom. The van der Waals surface area contributed by atoms with Crippen molar-refractivity contribution in [2.24, 2.45) is 0 Å². The number of aliphatic hydroxyl groups is 2. The van der Waals surface area contributed by atoms with Gasteiger partial charge in [0.1, 0.15) is 11.6 Å². The van der Waals surface area contributed by atoms with Gasteiger partial charge in [-0.2, -0.15) is 5.10 Å². The molecule has 3 N–H and O–H groups in total. The molecule has 0 unspecified atom stereocenters. The largest absolute Gasteiger partial charge is 1.00 e. The molecule has 1 aromatic heterocycles. The van der Waals surface area contributed by atoms with Gasteiger partial charge in [0.05, 0.1) is 24.3 Å². The second kappa shape index (κ2) is 14.7. The summed E-state index contributed by atoms with van der Waals surface area (Å²) in [6.45, 7) is 3.98. The Morgan fingerprint density at radius 2 is 1.72 bits per heavy atom. The molecule has 0 fully saturated rings. The number of rotatable bonds is 12. The van der Waals surface area contributed by atoms with Crippen LogP contribution in [0.15, 0.2) is 48.5 Å². The summed E-state index contributed by atoms with van der Waals surface area (Å²) < 4.78 is 28.9. The van der Waals surface area contributed by atoms with Crippen molar-refractivity contribution in [3.05, 3.63) is 82.7 Å². The molecular weight excluding hydrogens is 519 g/mol. The minimum Gasteiger partial charge on any atom is -1.00 e. The molecule has 206 valence electrons. The first kappa shape index (κ1) is 32.6. The van der Waals surface area contributed by atoms with Gasteiger partial charge in [-0.15, -0.1) is 0 Å². The van der Waals surface area contributed by atoms with Crippen molar-refractivity contribution in [2.75, 3.05) is 7.05 Å². The summed E-state index contributed by atoms with van der Waals surface area (Å²) >= 11 is 0. The zero-order chi connectivity index (χ0) is 28.0. The van der Waals surface area contributed by atoms with Gasteiger partial charge in [-0.25, -0.2) is 13.5 Å². The number of aliphatic hydroxyl groups excluding tert-OH is 2. The monoisotopic (exact) mass is 553 g/mol. The Labute approximate surface area is 250 Å². The SMILES string of the molecule is CC(C)c1c(C(=O)N(C)Cc2cccc(F)c2)nn(-c2ccc(F)cc2)c1CC[C@@H](O)C[C@@H](O)CC(=O)O.[H-].[Na+]. The van der Waals surface area contributed by atoms with E-state index in [0.717, 1.165) is 0 Å². The first-order valence-corrected chi connectivity index (χ1v) is 12.4. The number of aromatic nitrogens is 2. The molecule has 11 heteroatoms. The number of benzene rings is 2. The molecule has 0 aliphatic carbocycles. The van der Waals surface area contributed by atoms with Crippen LogP contribution < -0.4 is 29.6 Å². The quantitative estimate of drug-likeness (QED) is 0.290. The van der Waals surface area contributed by atoms with Crippen LogP contribution in [0.1, 0.15) is 67.8 Å². The molecule has 0 aliphatic rings. The maximum absolute atomic E-state index is 13.7. The Hall–Kier alpha value is -2.63. The molecule has 0 bridgehead atoms. The van der Waals surface area contributed by atoms with Crippen LogP contribution in [-0.2, 0) is 17.8 Å². The summed E-state index contributed by atoms with van der Waals surface area (Å²) in [6.07, 6.45) is -2.33. The second-order valence-electron chi connectivity index (χ2n) is 9.72. The number of carbonyl (C=O) groups excluding carboxylic acids is 1. The zero-order valence-electron chi connectivity index (χ0n) is 23.6. The fraction of sp³-hybridized carbons (Fsp3) is 0.393. The third-order valence-corrected chi connectivity index (χ3v) is 6.20. The van der Waals surface area contributed by atoms with Crippen molar-refractivity contribution >= 4 is 11.9 Å². The summed E-state index contributed by atoms with van der Waals surface area (Å²) in [4.78, 5) is 25.8. The van der Waals surface area contributed by atoms with Crippen molar-refractivity contribution in [1.29, 1.82) is 0 Å². The molecule has 2 atom stereocenters. The van der Waals surface area contributed by atoms with Crippen LogP contribution >= 0.6 is 0 Å². The van der Waals surface area contributed by atoms with Crippen molar-refractivity contribution in [1.82, 2.24) is 14.7 Å². The average molecular weight is 554 g/mol. The number of halogens is 2. The van der Waals surface area contributed by atoms with Crippen LogP contribution in [0, 0.1) is 11.6 Å². The molecule has 0 radical (unpaired) electrons. The van der Waals surface area contributed by atoms with Gasteiger partial charge in [0.2, 0.25) is 0 Å². The first-order valence-electron chi connectivity index (χ1n) is 12.4. The summed E-state index contributed by atoms with van der Waals surface area (Å²) in [7, 11) is 1.60. The Bertz CT molecular complexity index is 1270. The minimum atomic E-state index is -1.19. The predicted molar refractivity (Wildman–Crippen MR) is 138 cm³/mol. The second-order valence-corrected chi connectivity index (χ2v) is 9.72. The topological polar surface area (TPSA) is 116 Å². The third kappa shape index (κ3) is 8.94. The fourth-order valence-corrected chi connectivity index (χ4v) is 4.45. The predicted octanol–water partition coefficient (Wildman–Crippen LogP) is 1.18. The molecule has 1 heterocycles. The minimum absolute atomic E-state index is 0. The zero-order valence-corrected chi connectivity index (χ0v) is 24.6. The summed E-state index contributed by atoms with van der Waals surface area (Å²) in [6, 6.07) is 11.6. The molecule has 0 aliphatic heterocycles. The van der Waals surface area contributed by atoms with Crippen molar-refractivity contribution < 1.29 is 64.7 Å². The van der Waals surface area contributed by atoms with Gasteiger partial charge in [0.25, 0.3) is 5.91 Å². The van der Waals surface area contributed by atoms with Crippen molar-refractivity contribution in [2.45, 2.75) is 64.2 Å². The van der Waals surface area contributed by atoms with E-state index in [2.05, 4.69) is 5.10 Å². The number of carbonyl (C=O) groups is 2. The van der Waals surface area contributed by atoms with Crippen LogP contribution in [0.5, 0.6) is 0 Å². The normalized spacial score (nSPS) is 12.6. The number of aliphatic carboxylic acids is 1. The maximum Gasteiger partial charge on any atom is 1.00 e. The van der Waals surface area contributed by atoms with Gasteiger partial charge < -0.3 is 21.6 Å². The van der Waals surface area contributed by atoms with E-state index in [-0.39, 0.29) is 74.3 Å². The standard InChI is InChI=1S/C28H33F2N3O5.Na.H/c1-17(2)26-24(12-11-22(34)14-23(35)15-25(36)37)33(21-9-7-19(29)8-10-21)31-27(26)28(38)32(3)16-18-5-4-6-20(30)13-18;;/h4-10,13,17,22-23,34-35H,11-12,14-16H2,1-3H3,(H,36,37);;/q;+1;-1/t22-,23-;;/m1../s1. The fourth-order valence-electron chi connectivity index (χ4n) is 4.45. The van der Waals surface area contributed by atoms with Crippen LogP contribution in [0.3, 0.4) is 0 Å². The summed E-state index contributed by atoms with van der Waals surface area (Å²) in [5.74, 6) is -2.51. The smallest absolute Gasteiger partial charge is 1.00 e. The van der Waals surface area contributed by atoms with E-state index >= 15 is 0 Å². The Balaban J connectivity index is 0.00000400. The molecule has 3 rings (SSSR count). The average Bonchev–Trinajstić information content (AvgIpc) is 3.22. The van der Waals surface area contributed by atoms with Crippen LogP contribution in [0.25, 0.3) is 5.69 Å². The molecule has 2 aromatic carbocycles. The Morgan fingerprint density at radius 1 is 1.05 bits per heavy atom. The van der Waals surface area contributed by atoms with Crippen molar-refractivity contribution in [3.63, 3.8) is 0 Å². The van der Waals surface area contributed by atoms with E-state index in [9.17, 15) is 28.6 Å². The molecular formula is C28H34F2N3NaO5. The molecule has 0 spiro atoms. The number of hydrogen-bond donors (Lipinski definition) is 3. The number of carboxylic acid groups (broad SMARTS) is 1. The van der Waals surface area contributed by atoms with Gasteiger partial charge in [-0.1, -0.05) is 26.0 Å². The molecule has 1 amide bonds. The van der Waals surface area contributed by atoms with E-state index in [0.29, 0.717) is 22.5 Å². The van der Waals surface area contributed by atoms with E-state index in [1.165, 1.54) is 41.3 Å². The van der Waals surface area contributed by atoms with Crippen LogP contribution in [0.4, 0.5) is 8.78 Å². The molecule has 3 aromatic rings. The summed E-state index contributed by atoms with van der Waals surface area (Å²) in [5.41, 5.74) is 2.63. The molecule has 39 heavy (non-hydrogen) atoms. The Kier molecular flexibility index (Phi) is 12.3. The first-order chi connectivity index (χ1) is 18.0. The van der Waals surface area contributed by atoms with E-state index < -0.39 is 36.2 Å². The number of nitrogens with zero attached hydrogens (tertiary/aromatic N) is 3. The number of amides is 1. The van der Waals surface area contributed by atoms with E-state index in [4.69, 9.17) is 5.11 Å². The molecule has 8 nitrogen and oxygen atoms in total. The van der Waals surface area contributed by atoms with E-state index in [1.54, 1.807) is 23.9 Å². The van der Waals surface area contributed by atoms with Gasteiger partial charge in [-0.05, 0) is 67.1 Å². The van der Waals surface area contributed by atoms with E-state index in [1.807, 2.05) is 13.8 Å². The number of carboxylic acids is 1. The van der Waals surface area contributed by atoms with Crippen LogP contribution in [-0.4, -0.2) is 61.1 Å². The van der Waals surface area contributed by atoms with Crippen LogP contribution in [0.2, 0.25) is 0 Å². The van der Waals surface area contributed by atoms with Crippen molar-refractivity contribution in [3.8, 4) is 5.69 Å². The molecule has 0 saturated carbocycles. The van der Waals surface area contributed by atoms with Gasteiger partial charge in [0, 0.05) is 24.8 Å². The molecule has 0 saturated heterocycles. The maximum atomic E-state index is 13.7. The summed E-state index contributed by atoms with van der Waals surface area (Å²) in [5, 5.41) is 33.8. The van der Waals surface area contributed by atoms with Gasteiger partial charge in [0.15, 0.2) is 5.69 Å². The third-order valence-electron chi connectivity index (χ3n) is 6.20. The van der Waals surface area contributed by atoms with Gasteiger partial charge in [-0.3, -0.25) is 9.59 Å². The van der Waals surface area contributed by atoms with Gasteiger partial charge >= 0.3 is 35.5 Å².